The van der Waals surface area contributed by atoms with E-state index in [-0.39, 0.29) is 11.8 Å². The molecule has 0 bridgehead atoms. The highest BCUT2D eigenvalue weighted by Crippen LogP contribution is 2.32. The maximum absolute atomic E-state index is 13.1. The number of nitrogens with zero attached hydrogens (tertiary/aromatic N) is 3. The first kappa shape index (κ1) is 16.7. The van der Waals surface area contributed by atoms with Crippen LogP contribution in [0.25, 0.3) is 0 Å². The molecule has 0 radical (unpaired) electrons. The minimum atomic E-state index is -0.641. The van der Waals surface area contributed by atoms with E-state index >= 15 is 0 Å². The van der Waals surface area contributed by atoms with Crippen LogP contribution in [0.3, 0.4) is 0 Å². The van der Waals surface area contributed by atoms with Crippen LogP contribution < -0.4 is 5.32 Å². The summed E-state index contributed by atoms with van der Waals surface area (Å²) in [7, 11) is 4.09. The standard InChI is InChI=1S/C17H30N4O2/c1-19-9-11-21(12-10-19)16(23)17(7-3-4-8-17)18-15(22)13-20(2)14-5-6-14/h14H,3-13H2,1-2H3,(H,18,22). The number of likely N-dealkylation sites (N-methyl/N-ethyl adjacent to an activating group) is 2. The zero-order valence-electron chi connectivity index (χ0n) is 14.5. The van der Waals surface area contributed by atoms with E-state index in [0.717, 1.165) is 51.9 Å². The normalized spacial score (nSPS) is 24.9. The highest BCUT2D eigenvalue weighted by Gasteiger charge is 2.45. The second-order valence-electron chi connectivity index (χ2n) is 7.58. The Hall–Kier alpha value is -1.14. The first-order valence-corrected chi connectivity index (χ1v) is 8.99. The molecule has 6 nitrogen and oxygen atoms in total. The van der Waals surface area contributed by atoms with Gasteiger partial charge < -0.3 is 15.1 Å². The Labute approximate surface area is 139 Å². The van der Waals surface area contributed by atoms with Crippen LogP contribution in [0.2, 0.25) is 0 Å². The fraction of sp³-hybridized carbons (Fsp3) is 0.882. The summed E-state index contributed by atoms with van der Waals surface area (Å²) in [6.07, 6.45) is 6.01. The molecule has 0 unspecified atom stereocenters. The number of hydrogen-bond acceptors (Lipinski definition) is 4. The van der Waals surface area contributed by atoms with Crippen molar-refractivity contribution in [1.29, 1.82) is 0 Å². The number of piperazine rings is 1. The van der Waals surface area contributed by atoms with E-state index in [2.05, 4.69) is 22.2 Å². The average Bonchev–Trinajstić information content (AvgIpc) is 3.28. The molecular weight excluding hydrogens is 292 g/mol. The van der Waals surface area contributed by atoms with Crippen LogP contribution >= 0.6 is 0 Å². The number of amides is 2. The van der Waals surface area contributed by atoms with Gasteiger partial charge in [0.2, 0.25) is 11.8 Å². The smallest absolute Gasteiger partial charge is 0.248 e. The van der Waals surface area contributed by atoms with Gasteiger partial charge in [-0.1, -0.05) is 12.8 Å². The van der Waals surface area contributed by atoms with Gasteiger partial charge in [0.25, 0.3) is 0 Å². The molecule has 0 aromatic carbocycles. The molecule has 0 aromatic heterocycles. The molecule has 3 rings (SSSR count). The summed E-state index contributed by atoms with van der Waals surface area (Å²) >= 11 is 0. The van der Waals surface area contributed by atoms with Crippen LogP contribution in [-0.4, -0.2) is 84.9 Å². The molecule has 2 saturated carbocycles. The monoisotopic (exact) mass is 322 g/mol. The van der Waals surface area contributed by atoms with Crippen molar-refractivity contribution < 1.29 is 9.59 Å². The SMILES string of the molecule is CN1CCN(C(=O)C2(NC(=O)CN(C)C3CC3)CCCC2)CC1. The van der Waals surface area contributed by atoms with E-state index in [1.165, 1.54) is 12.8 Å². The largest absolute Gasteiger partial charge is 0.341 e. The molecule has 2 aliphatic carbocycles. The van der Waals surface area contributed by atoms with Crippen molar-refractivity contribution in [2.24, 2.45) is 0 Å². The summed E-state index contributed by atoms with van der Waals surface area (Å²) in [5, 5.41) is 3.13. The van der Waals surface area contributed by atoms with Crippen molar-refractivity contribution in [2.75, 3.05) is 46.8 Å². The van der Waals surface area contributed by atoms with Gasteiger partial charge in [0.1, 0.15) is 5.54 Å². The summed E-state index contributed by atoms with van der Waals surface area (Å²) in [4.78, 5) is 31.8. The molecule has 0 spiro atoms. The number of rotatable bonds is 5. The number of carbonyl (C=O) groups is 2. The molecule has 0 atom stereocenters. The lowest BCUT2D eigenvalue weighted by Gasteiger charge is -2.39. The fourth-order valence-corrected chi connectivity index (χ4v) is 3.86. The first-order valence-electron chi connectivity index (χ1n) is 8.99. The Morgan fingerprint density at radius 2 is 1.74 bits per heavy atom. The molecule has 130 valence electrons. The molecule has 1 heterocycles. The third kappa shape index (κ3) is 3.86. The highest BCUT2D eigenvalue weighted by molar-refractivity contribution is 5.92. The van der Waals surface area contributed by atoms with Gasteiger partial charge in [0.05, 0.1) is 6.54 Å². The van der Waals surface area contributed by atoms with E-state index in [1.54, 1.807) is 0 Å². The average molecular weight is 322 g/mol. The zero-order valence-corrected chi connectivity index (χ0v) is 14.5. The lowest BCUT2D eigenvalue weighted by atomic mass is 9.94. The maximum Gasteiger partial charge on any atom is 0.248 e. The molecule has 0 aromatic rings. The predicted molar refractivity (Wildman–Crippen MR) is 89.1 cm³/mol. The molecule has 6 heteroatoms. The zero-order chi connectivity index (χ0) is 16.4. The topological polar surface area (TPSA) is 55.9 Å². The van der Waals surface area contributed by atoms with E-state index in [4.69, 9.17) is 0 Å². The van der Waals surface area contributed by atoms with Crippen LogP contribution in [0.15, 0.2) is 0 Å². The van der Waals surface area contributed by atoms with Gasteiger partial charge in [-0.25, -0.2) is 0 Å². The minimum absolute atomic E-state index is 0.00350. The Morgan fingerprint density at radius 3 is 2.30 bits per heavy atom. The molecule has 3 aliphatic rings. The van der Waals surface area contributed by atoms with Crippen LogP contribution in [0.5, 0.6) is 0 Å². The van der Waals surface area contributed by atoms with Gasteiger partial charge >= 0.3 is 0 Å². The first-order chi connectivity index (χ1) is 11.0. The van der Waals surface area contributed by atoms with Gasteiger partial charge in [-0.3, -0.25) is 14.5 Å². The molecule has 3 fully saturated rings. The Morgan fingerprint density at radius 1 is 1.13 bits per heavy atom. The number of carbonyl (C=O) groups excluding carboxylic acids is 2. The van der Waals surface area contributed by atoms with Crippen molar-refractivity contribution >= 4 is 11.8 Å². The van der Waals surface area contributed by atoms with Gasteiger partial charge in [0.15, 0.2) is 0 Å². The Bertz CT molecular complexity index is 450. The van der Waals surface area contributed by atoms with Crippen LogP contribution in [0.4, 0.5) is 0 Å². The van der Waals surface area contributed by atoms with Gasteiger partial charge in [-0.05, 0) is 39.8 Å². The second-order valence-corrected chi connectivity index (χ2v) is 7.58. The van der Waals surface area contributed by atoms with E-state index in [1.807, 2.05) is 11.9 Å². The third-order valence-corrected chi connectivity index (χ3v) is 5.60. The summed E-state index contributed by atoms with van der Waals surface area (Å²) in [5.41, 5.74) is -0.641. The lowest BCUT2D eigenvalue weighted by molar-refractivity contribution is -0.143. The van der Waals surface area contributed by atoms with Gasteiger partial charge in [-0.15, -0.1) is 0 Å². The second kappa shape index (κ2) is 6.77. The minimum Gasteiger partial charge on any atom is -0.341 e. The highest BCUT2D eigenvalue weighted by atomic mass is 16.2. The molecule has 1 saturated heterocycles. The number of nitrogens with one attached hydrogen (secondary N) is 1. The molecule has 2 amide bonds. The lowest BCUT2D eigenvalue weighted by Crippen LogP contribution is -2.62. The summed E-state index contributed by atoms with van der Waals surface area (Å²) < 4.78 is 0. The van der Waals surface area contributed by atoms with Crippen molar-refractivity contribution in [1.82, 2.24) is 20.0 Å². The predicted octanol–water partition coefficient (Wildman–Crippen LogP) is 0.284. The van der Waals surface area contributed by atoms with Crippen LogP contribution in [0, 0.1) is 0 Å². The van der Waals surface area contributed by atoms with Crippen LogP contribution in [0.1, 0.15) is 38.5 Å². The van der Waals surface area contributed by atoms with Gasteiger partial charge in [0, 0.05) is 32.2 Å². The summed E-state index contributed by atoms with van der Waals surface area (Å²) in [6, 6.07) is 0.564. The van der Waals surface area contributed by atoms with Gasteiger partial charge in [-0.2, -0.15) is 0 Å². The van der Waals surface area contributed by atoms with Crippen molar-refractivity contribution in [3.05, 3.63) is 0 Å². The van der Waals surface area contributed by atoms with E-state index in [9.17, 15) is 9.59 Å². The quantitative estimate of drug-likeness (QED) is 0.790. The van der Waals surface area contributed by atoms with Crippen LogP contribution in [-0.2, 0) is 9.59 Å². The molecule has 23 heavy (non-hydrogen) atoms. The molecule has 1 N–H and O–H groups in total. The summed E-state index contributed by atoms with van der Waals surface area (Å²) in [6.45, 7) is 3.78. The van der Waals surface area contributed by atoms with Crippen molar-refractivity contribution in [3.8, 4) is 0 Å². The van der Waals surface area contributed by atoms with Crippen molar-refractivity contribution in [3.63, 3.8) is 0 Å². The third-order valence-electron chi connectivity index (χ3n) is 5.60. The van der Waals surface area contributed by atoms with Crippen molar-refractivity contribution in [2.45, 2.75) is 50.1 Å². The van der Waals surface area contributed by atoms with E-state index < -0.39 is 5.54 Å². The maximum atomic E-state index is 13.1. The number of hydrogen-bond donors (Lipinski definition) is 1. The molecular formula is C17H30N4O2. The molecule has 1 aliphatic heterocycles. The van der Waals surface area contributed by atoms with E-state index in [0.29, 0.717) is 12.6 Å². The Kier molecular flexibility index (Phi) is 4.92. The summed E-state index contributed by atoms with van der Waals surface area (Å²) in [5.74, 6) is 0.148. The fourth-order valence-electron chi connectivity index (χ4n) is 3.86. The Balaban J connectivity index is 1.61.